The van der Waals surface area contributed by atoms with E-state index in [1.165, 1.54) is 6.08 Å². The summed E-state index contributed by atoms with van der Waals surface area (Å²) in [5, 5.41) is 64.2. The molecule has 3 aliphatic carbocycles. The summed E-state index contributed by atoms with van der Waals surface area (Å²) in [6.07, 6.45) is -13.2. The molecule has 16 heteroatoms. The number of Topliss-reactive ketones (excluding diaryl/α,β-unsaturated/α-hetero) is 1. The van der Waals surface area contributed by atoms with Crippen LogP contribution in [0.4, 0.5) is 0 Å². The van der Waals surface area contributed by atoms with Crippen LogP contribution in [-0.4, -0.2) is 135 Å². The molecule has 2 bridgehead atoms. The topological polar surface area (TPSA) is 245 Å². The standard InChI is InChI=1S/C29H38O16/c1-9-11-5-14-28-8-41-29(26(39)40-4,22(28)20(24(38)45-14)42-10(2)31)23(37)19(36)21(28)27(11,3)6-12(15(9)32)43-25-18(35)17(34)16(33)13(7-30)44-25/h6,9,11,13-14,16-23,25,30,33-37H,5,7-8H2,1-4H3. The molecule has 2 saturated carbocycles. The molecule has 0 aromatic rings. The lowest BCUT2D eigenvalue weighted by Gasteiger charge is -2.67. The van der Waals surface area contributed by atoms with Crippen LogP contribution >= 0.6 is 0 Å². The lowest BCUT2D eigenvalue weighted by Crippen LogP contribution is -2.79. The monoisotopic (exact) mass is 642 g/mol. The lowest BCUT2D eigenvalue weighted by molar-refractivity contribution is -0.296. The van der Waals surface area contributed by atoms with Crippen molar-refractivity contribution in [2.75, 3.05) is 20.3 Å². The molecule has 6 rings (SSSR count). The summed E-state index contributed by atoms with van der Waals surface area (Å²) in [7, 11) is 1.05. The third-order valence-corrected chi connectivity index (χ3v) is 11.2. The molecule has 3 heterocycles. The van der Waals surface area contributed by atoms with Crippen molar-refractivity contribution in [1.82, 2.24) is 0 Å². The number of rotatable bonds is 5. The summed E-state index contributed by atoms with van der Waals surface area (Å²) in [6, 6.07) is 0. The Morgan fingerprint density at radius 3 is 2.36 bits per heavy atom. The fourth-order valence-electron chi connectivity index (χ4n) is 9.36. The van der Waals surface area contributed by atoms with Crippen molar-refractivity contribution in [2.45, 2.75) is 87.9 Å². The van der Waals surface area contributed by atoms with E-state index in [9.17, 15) is 49.8 Å². The van der Waals surface area contributed by atoms with E-state index in [1.54, 1.807) is 13.8 Å². The maximum Gasteiger partial charge on any atom is 0.348 e. The molecular weight excluding hydrogens is 604 g/mol. The fraction of sp³-hybridized carbons (Fsp3) is 0.793. The molecule has 3 aliphatic heterocycles. The number of carbonyl (C=O) groups is 4. The van der Waals surface area contributed by atoms with Crippen molar-refractivity contribution >= 4 is 23.7 Å². The van der Waals surface area contributed by atoms with Gasteiger partial charge >= 0.3 is 17.9 Å². The first-order chi connectivity index (χ1) is 21.1. The number of esters is 3. The van der Waals surface area contributed by atoms with E-state index in [1.807, 2.05) is 0 Å². The first kappa shape index (κ1) is 32.2. The molecule has 6 N–H and O–H groups in total. The number of carbonyl (C=O) groups excluding carboxylic acids is 4. The van der Waals surface area contributed by atoms with Crippen LogP contribution in [0.25, 0.3) is 0 Å². The normalized spacial score (nSPS) is 51.7. The van der Waals surface area contributed by atoms with Crippen molar-refractivity contribution in [1.29, 1.82) is 0 Å². The van der Waals surface area contributed by atoms with Crippen molar-refractivity contribution in [3.63, 3.8) is 0 Å². The Labute approximate surface area is 256 Å². The lowest BCUT2D eigenvalue weighted by atomic mass is 9.38. The Bertz CT molecular complexity index is 1310. The molecule has 0 radical (unpaired) electrons. The van der Waals surface area contributed by atoms with Gasteiger partial charge < -0.3 is 59.1 Å². The summed E-state index contributed by atoms with van der Waals surface area (Å²) in [6.45, 7) is 3.33. The van der Waals surface area contributed by atoms with Crippen LogP contribution in [0.3, 0.4) is 0 Å². The second-order valence-electron chi connectivity index (χ2n) is 13.2. The van der Waals surface area contributed by atoms with Crippen LogP contribution in [0.5, 0.6) is 0 Å². The van der Waals surface area contributed by atoms with Crippen LogP contribution in [0.1, 0.15) is 27.2 Å². The van der Waals surface area contributed by atoms with E-state index in [0.29, 0.717) is 0 Å². The van der Waals surface area contributed by atoms with Gasteiger partial charge in [-0.05, 0) is 23.8 Å². The minimum atomic E-state index is -2.30. The van der Waals surface area contributed by atoms with E-state index in [0.717, 1.165) is 14.0 Å². The van der Waals surface area contributed by atoms with Gasteiger partial charge in [-0.1, -0.05) is 13.8 Å². The van der Waals surface area contributed by atoms with Gasteiger partial charge in [0.2, 0.25) is 18.0 Å². The molecule has 3 saturated heterocycles. The molecule has 45 heavy (non-hydrogen) atoms. The smallest absolute Gasteiger partial charge is 0.348 e. The van der Waals surface area contributed by atoms with Gasteiger partial charge in [-0.2, -0.15) is 0 Å². The maximum absolute atomic E-state index is 13.7. The number of fused-ring (bicyclic) bond motifs is 2. The molecule has 0 amide bonds. The van der Waals surface area contributed by atoms with Crippen LogP contribution < -0.4 is 0 Å². The Balaban J connectivity index is 1.49. The third kappa shape index (κ3) is 4.06. The van der Waals surface area contributed by atoms with E-state index in [4.69, 9.17) is 28.4 Å². The molecule has 16 unspecified atom stereocenters. The Morgan fingerprint density at radius 1 is 1.04 bits per heavy atom. The van der Waals surface area contributed by atoms with Gasteiger partial charge in [-0.25, -0.2) is 9.59 Å². The highest BCUT2D eigenvalue weighted by molar-refractivity contribution is 5.96. The molecule has 6 aliphatic rings. The number of allylic oxidation sites excluding steroid dienone is 2. The first-order valence-corrected chi connectivity index (χ1v) is 14.8. The second-order valence-corrected chi connectivity index (χ2v) is 13.2. The Hall–Kier alpha value is -2.70. The van der Waals surface area contributed by atoms with Gasteiger partial charge in [-0.3, -0.25) is 9.59 Å². The molecule has 250 valence electrons. The van der Waals surface area contributed by atoms with E-state index >= 15 is 0 Å². The zero-order valence-electron chi connectivity index (χ0n) is 25.0. The average Bonchev–Trinajstić information content (AvgIpc) is 3.30. The largest absolute Gasteiger partial charge is 0.467 e. The van der Waals surface area contributed by atoms with Gasteiger partial charge in [0.05, 0.1) is 32.3 Å². The number of ether oxygens (including phenoxy) is 6. The highest BCUT2D eigenvalue weighted by Gasteiger charge is 2.85. The Morgan fingerprint density at radius 2 is 1.73 bits per heavy atom. The Kier molecular flexibility index (Phi) is 7.64. The first-order valence-electron chi connectivity index (χ1n) is 14.8. The van der Waals surface area contributed by atoms with Gasteiger partial charge in [0.1, 0.15) is 36.6 Å². The number of hydrogen-bond donors (Lipinski definition) is 6. The SMILES string of the molecule is COC(=O)C12OCC34C(CC5C(C)C(=O)C(OC6OC(CO)C(O)C(O)C6O)=CC5(C)C3C(O)C1O)OC(=O)C(OC(C)=O)C24. The van der Waals surface area contributed by atoms with Crippen molar-refractivity contribution in [3.8, 4) is 0 Å². The molecule has 1 spiro atoms. The average molecular weight is 643 g/mol. The highest BCUT2D eigenvalue weighted by Crippen LogP contribution is 2.72. The number of aliphatic hydroxyl groups excluding tert-OH is 6. The quantitative estimate of drug-likeness (QED) is 0.127. The van der Waals surface area contributed by atoms with Gasteiger partial charge in [-0.15, -0.1) is 0 Å². The number of aliphatic hydroxyl groups is 6. The van der Waals surface area contributed by atoms with Gasteiger partial charge in [0, 0.05) is 24.2 Å². The minimum Gasteiger partial charge on any atom is -0.467 e. The third-order valence-electron chi connectivity index (χ3n) is 11.2. The van der Waals surface area contributed by atoms with Gasteiger partial charge in [0.25, 0.3) is 0 Å². The maximum atomic E-state index is 13.7. The molecule has 16 atom stereocenters. The minimum absolute atomic E-state index is 0.0577. The van der Waals surface area contributed by atoms with Crippen LogP contribution in [-0.2, 0) is 47.6 Å². The molecule has 0 aromatic heterocycles. The molecule has 0 aromatic carbocycles. The van der Waals surface area contributed by atoms with Crippen molar-refractivity contribution in [2.24, 2.45) is 34.5 Å². The van der Waals surface area contributed by atoms with E-state index in [2.05, 4.69) is 0 Å². The second kappa shape index (κ2) is 10.7. The van der Waals surface area contributed by atoms with Crippen LogP contribution in [0, 0.1) is 34.5 Å². The van der Waals surface area contributed by atoms with Crippen molar-refractivity contribution < 1.29 is 78.2 Å². The summed E-state index contributed by atoms with van der Waals surface area (Å²) in [5.41, 5.74) is -5.00. The number of hydrogen-bond acceptors (Lipinski definition) is 16. The van der Waals surface area contributed by atoms with Crippen molar-refractivity contribution in [3.05, 3.63) is 11.8 Å². The molecule has 5 fully saturated rings. The van der Waals surface area contributed by atoms with Gasteiger partial charge in [0.15, 0.2) is 11.5 Å². The summed E-state index contributed by atoms with van der Waals surface area (Å²) < 4.78 is 33.6. The summed E-state index contributed by atoms with van der Waals surface area (Å²) >= 11 is 0. The fourth-order valence-corrected chi connectivity index (χ4v) is 9.36. The van der Waals surface area contributed by atoms with Crippen LogP contribution in [0.2, 0.25) is 0 Å². The zero-order chi connectivity index (χ0) is 33.0. The summed E-state index contributed by atoms with van der Waals surface area (Å²) in [4.78, 5) is 52.7. The number of ketones is 1. The predicted octanol–water partition coefficient (Wildman–Crippen LogP) is -3.31. The van der Waals surface area contributed by atoms with Crippen LogP contribution in [0.15, 0.2) is 11.8 Å². The predicted molar refractivity (Wildman–Crippen MR) is 141 cm³/mol. The highest BCUT2D eigenvalue weighted by atomic mass is 16.7. The summed E-state index contributed by atoms with van der Waals surface area (Å²) in [5.74, 6) is -7.70. The molecule has 16 nitrogen and oxygen atoms in total. The number of methoxy groups -OCH3 is 1. The molecular formula is C29H38O16. The van der Waals surface area contributed by atoms with E-state index in [-0.39, 0.29) is 18.8 Å². The zero-order valence-corrected chi connectivity index (χ0v) is 25.0. The van der Waals surface area contributed by atoms with E-state index < -0.39 is 126 Å².